The van der Waals surface area contributed by atoms with Crippen molar-refractivity contribution >= 4 is 5.69 Å². The van der Waals surface area contributed by atoms with Gasteiger partial charge in [-0.25, -0.2) is 0 Å². The summed E-state index contributed by atoms with van der Waals surface area (Å²) >= 11 is 0. The summed E-state index contributed by atoms with van der Waals surface area (Å²) in [6, 6.07) is 4.14. The van der Waals surface area contributed by atoms with Crippen LogP contribution < -0.4 is 5.32 Å². The number of nitrogens with one attached hydrogen (secondary N) is 1. The second kappa shape index (κ2) is 4.96. The minimum absolute atomic E-state index is 0.788. The molecule has 0 aromatic carbocycles. The van der Waals surface area contributed by atoms with Crippen molar-refractivity contribution in [3.63, 3.8) is 0 Å². The van der Waals surface area contributed by atoms with E-state index in [0.29, 0.717) is 0 Å². The highest BCUT2D eigenvalue weighted by atomic mass is 14.9. The van der Waals surface area contributed by atoms with Crippen LogP contribution in [0.15, 0.2) is 30.5 Å². The second-order valence-electron chi connectivity index (χ2n) is 4.22. The zero-order valence-electron chi connectivity index (χ0n) is 9.24. The Morgan fingerprint density at radius 2 is 2.33 bits per heavy atom. The van der Waals surface area contributed by atoms with Crippen molar-refractivity contribution in [3.8, 4) is 0 Å². The van der Waals surface area contributed by atoms with Crippen LogP contribution >= 0.6 is 0 Å². The van der Waals surface area contributed by atoms with E-state index in [2.05, 4.69) is 28.5 Å². The average molecular weight is 202 g/mol. The predicted molar refractivity (Wildman–Crippen MR) is 63.9 cm³/mol. The average Bonchev–Trinajstić information content (AvgIpc) is 2.30. The molecule has 1 heterocycles. The van der Waals surface area contributed by atoms with Gasteiger partial charge in [0.15, 0.2) is 0 Å². The van der Waals surface area contributed by atoms with Crippen molar-refractivity contribution in [1.29, 1.82) is 0 Å². The molecule has 1 aliphatic carbocycles. The molecule has 15 heavy (non-hydrogen) atoms. The Balaban J connectivity index is 1.82. The van der Waals surface area contributed by atoms with E-state index in [1.54, 1.807) is 0 Å². The van der Waals surface area contributed by atoms with Crippen molar-refractivity contribution in [2.24, 2.45) is 5.92 Å². The molecule has 80 valence electrons. The van der Waals surface area contributed by atoms with Crippen molar-refractivity contribution in [3.05, 3.63) is 36.2 Å². The fourth-order valence-corrected chi connectivity index (χ4v) is 1.88. The molecule has 0 amide bonds. The number of hydrogen-bond acceptors (Lipinski definition) is 2. The van der Waals surface area contributed by atoms with Crippen LogP contribution in [0.2, 0.25) is 0 Å². The summed E-state index contributed by atoms with van der Waals surface area (Å²) in [4.78, 5) is 4.27. The molecule has 1 N–H and O–H groups in total. The lowest BCUT2D eigenvalue weighted by molar-refractivity contribution is 0.504. The van der Waals surface area contributed by atoms with Gasteiger partial charge in [-0.15, -0.1) is 0 Å². The van der Waals surface area contributed by atoms with Crippen LogP contribution in [0.5, 0.6) is 0 Å². The molecule has 0 bridgehead atoms. The Hall–Kier alpha value is -1.31. The summed E-state index contributed by atoms with van der Waals surface area (Å²) in [5.41, 5.74) is 2.20. The maximum absolute atomic E-state index is 4.27. The van der Waals surface area contributed by atoms with Gasteiger partial charge in [-0.05, 0) is 44.2 Å². The van der Waals surface area contributed by atoms with Crippen molar-refractivity contribution in [2.75, 3.05) is 11.9 Å². The fourth-order valence-electron chi connectivity index (χ4n) is 1.88. The standard InChI is InChI=1S/C13H18N2/c1-11-7-8-13(10-14-11)15-9-12-5-3-2-4-6-12/h2-3,7-8,10,12,15H,4-6,9H2,1H3. The number of allylic oxidation sites excluding steroid dienone is 2. The number of nitrogens with zero attached hydrogens (tertiary/aromatic N) is 1. The first-order valence-corrected chi connectivity index (χ1v) is 5.66. The third kappa shape index (κ3) is 3.08. The normalized spacial score (nSPS) is 20.2. The minimum atomic E-state index is 0.788. The molecule has 1 atom stereocenters. The first-order valence-electron chi connectivity index (χ1n) is 5.66. The molecule has 1 unspecified atom stereocenters. The highest BCUT2D eigenvalue weighted by molar-refractivity contribution is 5.40. The summed E-state index contributed by atoms with van der Waals surface area (Å²) < 4.78 is 0. The van der Waals surface area contributed by atoms with E-state index in [1.165, 1.54) is 19.3 Å². The van der Waals surface area contributed by atoms with E-state index in [0.717, 1.165) is 23.8 Å². The van der Waals surface area contributed by atoms with Gasteiger partial charge in [0, 0.05) is 12.2 Å². The Labute approximate surface area is 91.4 Å². The van der Waals surface area contributed by atoms with E-state index in [9.17, 15) is 0 Å². The predicted octanol–water partition coefficient (Wildman–Crippen LogP) is 3.16. The fraction of sp³-hybridized carbons (Fsp3) is 0.462. The Kier molecular flexibility index (Phi) is 3.38. The monoisotopic (exact) mass is 202 g/mol. The molecule has 2 rings (SSSR count). The lowest BCUT2D eigenvalue weighted by Gasteiger charge is -2.18. The summed E-state index contributed by atoms with van der Waals surface area (Å²) in [6.07, 6.45) is 10.2. The first kappa shape index (κ1) is 10.2. The molecule has 0 saturated carbocycles. The van der Waals surface area contributed by atoms with Gasteiger partial charge in [0.25, 0.3) is 0 Å². The summed E-state index contributed by atoms with van der Waals surface area (Å²) in [7, 11) is 0. The van der Waals surface area contributed by atoms with Gasteiger partial charge in [-0.2, -0.15) is 0 Å². The molecule has 1 aromatic rings. The van der Waals surface area contributed by atoms with E-state index >= 15 is 0 Å². The molecule has 2 nitrogen and oxygen atoms in total. The first-order chi connectivity index (χ1) is 7.34. The second-order valence-corrected chi connectivity index (χ2v) is 4.22. The summed E-state index contributed by atoms with van der Waals surface area (Å²) in [6.45, 7) is 3.07. The van der Waals surface area contributed by atoms with Crippen LogP contribution in [0.4, 0.5) is 5.69 Å². The zero-order chi connectivity index (χ0) is 10.5. The number of rotatable bonds is 3. The molecule has 0 spiro atoms. The zero-order valence-corrected chi connectivity index (χ0v) is 9.24. The molecule has 0 aliphatic heterocycles. The summed E-state index contributed by atoms with van der Waals surface area (Å²) in [5, 5.41) is 3.45. The third-order valence-electron chi connectivity index (χ3n) is 2.88. The van der Waals surface area contributed by atoms with E-state index in [-0.39, 0.29) is 0 Å². The van der Waals surface area contributed by atoms with Crippen molar-refractivity contribution < 1.29 is 0 Å². The lowest BCUT2D eigenvalue weighted by Crippen LogP contribution is -2.15. The molecule has 0 fully saturated rings. The van der Waals surface area contributed by atoms with E-state index in [1.807, 2.05) is 19.2 Å². The number of anilines is 1. The highest BCUT2D eigenvalue weighted by Gasteiger charge is 2.08. The van der Waals surface area contributed by atoms with E-state index in [4.69, 9.17) is 0 Å². The van der Waals surface area contributed by atoms with Gasteiger partial charge in [-0.3, -0.25) is 4.98 Å². The molecular weight excluding hydrogens is 184 g/mol. The van der Waals surface area contributed by atoms with Crippen LogP contribution in [0.25, 0.3) is 0 Å². The number of aromatic nitrogens is 1. The van der Waals surface area contributed by atoms with Gasteiger partial charge in [-0.1, -0.05) is 12.2 Å². The molecule has 1 aromatic heterocycles. The smallest absolute Gasteiger partial charge is 0.0527 e. The SMILES string of the molecule is Cc1ccc(NCC2CC=CCC2)cn1. The lowest BCUT2D eigenvalue weighted by atomic mass is 9.94. The molecule has 0 radical (unpaired) electrons. The van der Waals surface area contributed by atoms with Crippen LogP contribution in [0.3, 0.4) is 0 Å². The van der Waals surface area contributed by atoms with Crippen LogP contribution in [-0.2, 0) is 0 Å². The maximum Gasteiger partial charge on any atom is 0.0527 e. The van der Waals surface area contributed by atoms with Gasteiger partial charge in [0.1, 0.15) is 0 Å². The quantitative estimate of drug-likeness (QED) is 0.761. The molecule has 0 saturated heterocycles. The topological polar surface area (TPSA) is 24.9 Å². The van der Waals surface area contributed by atoms with Gasteiger partial charge in [0.05, 0.1) is 11.9 Å². The van der Waals surface area contributed by atoms with Gasteiger partial charge >= 0.3 is 0 Å². The molecular formula is C13H18N2. The largest absolute Gasteiger partial charge is 0.384 e. The highest BCUT2D eigenvalue weighted by Crippen LogP contribution is 2.18. The number of hydrogen-bond donors (Lipinski definition) is 1. The van der Waals surface area contributed by atoms with Crippen LogP contribution in [0, 0.1) is 12.8 Å². The Morgan fingerprint density at radius 3 is 3.00 bits per heavy atom. The molecule has 1 aliphatic rings. The number of aryl methyl sites for hydroxylation is 1. The maximum atomic E-state index is 4.27. The Morgan fingerprint density at radius 1 is 1.40 bits per heavy atom. The third-order valence-corrected chi connectivity index (χ3v) is 2.88. The molecule has 2 heteroatoms. The van der Waals surface area contributed by atoms with Crippen molar-refractivity contribution in [1.82, 2.24) is 4.98 Å². The summed E-state index contributed by atoms with van der Waals surface area (Å²) in [5.74, 6) is 0.788. The van der Waals surface area contributed by atoms with Gasteiger partial charge in [0.2, 0.25) is 0 Å². The van der Waals surface area contributed by atoms with Crippen LogP contribution in [0.1, 0.15) is 25.0 Å². The van der Waals surface area contributed by atoms with E-state index < -0.39 is 0 Å². The van der Waals surface area contributed by atoms with Gasteiger partial charge < -0.3 is 5.32 Å². The number of pyridine rings is 1. The minimum Gasteiger partial charge on any atom is -0.384 e. The van der Waals surface area contributed by atoms with Crippen LogP contribution in [-0.4, -0.2) is 11.5 Å². The van der Waals surface area contributed by atoms with Crippen molar-refractivity contribution in [2.45, 2.75) is 26.2 Å². The Bertz CT molecular complexity index is 327.